The highest BCUT2D eigenvalue weighted by Crippen LogP contribution is 2.55. The Hall–Kier alpha value is -2.82. The number of hydrogen-bond acceptors (Lipinski definition) is 3. The molecule has 5 rings (SSSR count). The highest BCUT2D eigenvalue weighted by atomic mass is 16.5. The molecule has 0 spiro atoms. The van der Waals surface area contributed by atoms with Crippen LogP contribution in [-0.4, -0.2) is 17.5 Å². The minimum Gasteiger partial charge on any atom is -0.467 e. The van der Waals surface area contributed by atoms with E-state index in [0.717, 1.165) is 37.0 Å². The summed E-state index contributed by atoms with van der Waals surface area (Å²) >= 11 is 0. The Morgan fingerprint density at radius 3 is 2.70 bits per heavy atom. The number of anilines is 1. The number of ether oxygens (including phenoxy) is 1. The van der Waals surface area contributed by atoms with E-state index >= 15 is 0 Å². The third kappa shape index (κ3) is 2.52. The molecule has 2 aliphatic heterocycles. The maximum Gasteiger partial charge on any atom is 0.237 e. The predicted octanol–water partition coefficient (Wildman–Crippen LogP) is 3.43. The van der Waals surface area contributed by atoms with Crippen molar-refractivity contribution in [1.29, 1.82) is 0 Å². The van der Waals surface area contributed by atoms with E-state index in [1.807, 2.05) is 54.6 Å². The molecule has 27 heavy (non-hydrogen) atoms. The first-order valence-electron chi connectivity index (χ1n) is 9.64. The van der Waals surface area contributed by atoms with Crippen molar-refractivity contribution in [3.63, 3.8) is 0 Å². The number of piperidine rings is 1. The quantitative estimate of drug-likeness (QED) is 0.805. The number of benzene rings is 2. The number of carbonyl (C=O) groups is 2. The molecule has 2 fully saturated rings. The third-order valence-electron chi connectivity index (χ3n) is 6.22. The highest BCUT2D eigenvalue weighted by molar-refractivity contribution is 6.08. The van der Waals surface area contributed by atoms with Crippen LogP contribution in [0.4, 0.5) is 5.69 Å². The van der Waals surface area contributed by atoms with Crippen molar-refractivity contribution >= 4 is 17.5 Å². The Morgan fingerprint density at radius 2 is 1.85 bits per heavy atom. The second-order valence-corrected chi connectivity index (χ2v) is 7.73. The lowest BCUT2D eigenvalue weighted by molar-refractivity contribution is -0.160. The van der Waals surface area contributed by atoms with Crippen molar-refractivity contribution in [3.05, 3.63) is 60.2 Å². The molecule has 2 aromatic rings. The molecule has 2 N–H and O–H groups in total. The molecule has 5 heteroatoms. The number of para-hydroxylation sites is 2. The summed E-state index contributed by atoms with van der Waals surface area (Å²) in [7, 11) is 0. The molecule has 0 radical (unpaired) electrons. The van der Waals surface area contributed by atoms with Crippen LogP contribution < -0.4 is 15.4 Å². The van der Waals surface area contributed by atoms with Crippen LogP contribution in [0.3, 0.4) is 0 Å². The average molecular weight is 362 g/mol. The summed E-state index contributed by atoms with van der Waals surface area (Å²) in [5.41, 5.74) is 1.01. The summed E-state index contributed by atoms with van der Waals surface area (Å²) in [6.07, 6.45) is 3.86. The van der Waals surface area contributed by atoms with Crippen LogP contribution in [-0.2, 0) is 9.59 Å². The Morgan fingerprint density at radius 1 is 1.07 bits per heavy atom. The SMILES string of the molecule is O=C(Nc1ccccc1)[C@H]1C(=O)N[C@@]23CCCC[C@H]2[C@H]1c1ccccc1O3. The van der Waals surface area contributed by atoms with Crippen molar-refractivity contribution in [2.75, 3.05) is 5.32 Å². The number of nitrogens with one attached hydrogen (secondary N) is 2. The van der Waals surface area contributed by atoms with E-state index in [2.05, 4.69) is 10.6 Å². The molecular formula is C22H22N2O3. The standard InChI is InChI=1S/C22H22N2O3/c25-20(23-14-8-2-1-3-9-14)19-18-15-10-4-5-12-17(15)27-22(24-21(19)26)13-7-6-11-16(18)22/h1-5,8-10,12,16,18-19H,6-7,11,13H2,(H,23,25)(H,24,26)/t16-,18+,19-,22+/m0/s1. The van der Waals surface area contributed by atoms with Crippen LogP contribution in [0, 0.1) is 11.8 Å². The van der Waals surface area contributed by atoms with Gasteiger partial charge in [0, 0.05) is 23.9 Å². The molecule has 2 aromatic carbocycles. The van der Waals surface area contributed by atoms with Gasteiger partial charge in [0.25, 0.3) is 0 Å². The van der Waals surface area contributed by atoms with Gasteiger partial charge in [-0.3, -0.25) is 9.59 Å². The lowest BCUT2D eigenvalue weighted by atomic mass is 9.62. The first-order chi connectivity index (χ1) is 13.2. The van der Waals surface area contributed by atoms with Crippen LogP contribution in [0.1, 0.15) is 37.2 Å². The van der Waals surface area contributed by atoms with Crippen molar-refractivity contribution in [2.45, 2.75) is 37.3 Å². The molecule has 4 atom stereocenters. The predicted molar refractivity (Wildman–Crippen MR) is 101 cm³/mol. The van der Waals surface area contributed by atoms with Crippen LogP contribution in [0.2, 0.25) is 0 Å². The second-order valence-electron chi connectivity index (χ2n) is 7.73. The molecule has 5 nitrogen and oxygen atoms in total. The monoisotopic (exact) mass is 362 g/mol. The van der Waals surface area contributed by atoms with Crippen LogP contribution in [0.25, 0.3) is 0 Å². The van der Waals surface area contributed by atoms with E-state index in [0.29, 0.717) is 5.69 Å². The zero-order chi connectivity index (χ0) is 18.4. The number of carbonyl (C=O) groups excluding carboxylic acids is 2. The molecular weight excluding hydrogens is 340 g/mol. The highest BCUT2D eigenvalue weighted by Gasteiger charge is 2.60. The summed E-state index contributed by atoms with van der Waals surface area (Å²) in [5, 5.41) is 6.03. The first-order valence-corrected chi connectivity index (χ1v) is 9.64. The van der Waals surface area contributed by atoms with Gasteiger partial charge >= 0.3 is 0 Å². The normalized spacial score (nSPS) is 31.0. The number of fused-ring (bicyclic) bond motifs is 2. The van der Waals surface area contributed by atoms with Gasteiger partial charge < -0.3 is 15.4 Å². The van der Waals surface area contributed by atoms with E-state index in [-0.39, 0.29) is 23.7 Å². The van der Waals surface area contributed by atoms with Gasteiger partial charge in [0.05, 0.1) is 0 Å². The summed E-state index contributed by atoms with van der Waals surface area (Å²) in [4.78, 5) is 26.2. The number of rotatable bonds is 2. The van der Waals surface area contributed by atoms with Gasteiger partial charge in [0.15, 0.2) is 5.72 Å². The Kier molecular flexibility index (Phi) is 3.71. The van der Waals surface area contributed by atoms with Gasteiger partial charge in [-0.1, -0.05) is 42.8 Å². The van der Waals surface area contributed by atoms with Crippen molar-refractivity contribution in [2.24, 2.45) is 11.8 Å². The van der Waals surface area contributed by atoms with Crippen LogP contribution in [0.5, 0.6) is 5.75 Å². The topological polar surface area (TPSA) is 67.4 Å². The fraction of sp³-hybridized carbons (Fsp3) is 0.364. The fourth-order valence-corrected chi connectivity index (χ4v) is 5.09. The minimum absolute atomic E-state index is 0.116. The van der Waals surface area contributed by atoms with Crippen molar-refractivity contribution in [3.8, 4) is 5.75 Å². The van der Waals surface area contributed by atoms with E-state index in [9.17, 15) is 9.59 Å². The largest absolute Gasteiger partial charge is 0.467 e. The van der Waals surface area contributed by atoms with Gasteiger partial charge in [-0.05, 0) is 36.6 Å². The smallest absolute Gasteiger partial charge is 0.237 e. The van der Waals surface area contributed by atoms with Crippen LogP contribution in [0.15, 0.2) is 54.6 Å². The van der Waals surface area contributed by atoms with Crippen molar-refractivity contribution in [1.82, 2.24) is 5.32 Å². The first kappa shape index (κ1) is 16.4. The molecule has 2 heterocycles. The number of hydrogen-bond donors (Lipinski definition) is 2. The van der Waals surface area contributed by atoms with Gasteiger partial charge in [-0.2, -0.15) is 0 Å². The van der Waals surface area contributed by atoms with Gasteiger partial charge in [0.2, 0.25) is 11.8 Å². The second kappa shape index (κ2) is 6.12. The Labute approximate surface area is 158 Å². The molecule has 0 aromatic heterocycles. The van der Waals surface area contributed by atoms with E-state index < -0.39 is 11.6 Å². The third-order valence-corrected chi connectivity index (χ3v) is 6.22. The van der Waals surface area contributed by atoms with Crippen LogP contribution >= 0.6 is 0 Å². The molecule has 1 aliphatic carbocycles. The van der Waals surface area contributed by atoms with E-state index in [1.165, 1.54) is 0 Å². The molecule has 0 unspecified atom stereocenters. The summed E-state index contributed by atoms with van der Waals surface area (Å²) < 4.78 is 6.35. The molecule has 1 saturated carbocycles. The molecule has 3 aliphatic rings. The van der Waals surface area contributed by atoms with Gasteiger partial charge in [0.1, 0.15) is 11.7 Å². The maximum atomic E-state index is 13.1. The summed E-state index contributed by atoms with van der Waals surface area (Å²) in [5.74, 6) is -0.497. The van der Waals surface area contributed by atoms with Crippen molar-refractivity contribution < 1.29 is 14.3 Å². The fourth-order valence-electron chi connectivity index (χ4n) is 5.09. The molecule has 138 valence electrons. The van der Waals surface area contributed by atoms with E-state index in [4.69, 9.17) is 4.74 Å². The van der Waals surface area contributed by atoms with Gasteiger partial charge in [-0.15, -0.1) is 0 Å². The Bertz CT molecular complexity index is 897. The number of amides is 2. The molecule has 1 saturated heterocycles. The molecule has 2 bridgehead atoms. The molecule has 2 amide bonds. The Balaban J connectivity index is 1.57. The van der Waals surface area contributed by atoms with Gasteiger partial charge in [-0.25, -0.2) is 0 Å². The lowest BCUT2D eigenvalue weighted by Gasteiger charge is -2.55. The van der Waals surface area contributed by atoms with E-state index in [1.54, 1.807) is 0 Å². The zero-order valence-corrected chi connectivity index (χ0v) is 15.0. The zero-order valence-electron chi connectivity index (χ0n) is 15.0. The maximum absolute atomic E-state index is 13.1. The summed E-state index contributed by atoms with van der Waals surface area (Å²) in [6, 6.07) is 17.1. The lowest BCUT2D eigenvalue weighted by Crippen LogP contribution is -2.69. The average Bonchev–Trinajstić information content (AvgIpc) is 2.67. The summed E-state index contributed by atoms with van der Waals surface area (Å²) in [6.45, 7) is 0. The minimum atomic E-state index is -0.758.